The quantitative estimate of drug-likeness (QED) is 0.0230. The summed E-state index contributed by atoms with van der Waals surface area (Å²) in [5.41, 5.74) is 0. The molecular formula is C46H87NO10. The smallest absolute Gasteiger partial charge is 0.249 e. The zero-order chi connectivity index (χ0) is 41.9. The Morgan fingerprint density at radius 2 is 1.05 bits per heavy atom. The van der Waals surface area contributed by atoms with Crippen LogP contribution in [0.1, 0.15) is 194 Å². The largest absolute Gasteiger partial charge is 0.394 e. The third kappa shape index (κ3) is 26.4. The van der Waals surface area contributed by atoms with Crippen LogP contribution < -0.4 is 5.32 Å². The van der Waals surface area contributed by atoms with Crippen LogP contribution in [0.25, 0.3) is 0 Å². The Labute approximate surface area is 346 Å². The lowest BCUT2D eigenvalue weighted by Crippen LogP contribution is -2.60. The lowest BCUT2D eigenvalue weighted by Gasteiger charge is -2.40. The molecule has 8 N–H and O–H groups in total. The van der Waals surface area contributed by atoms with Crippen molar-refractivity contribution < 1.29 is 50.0 Å². The normalized spacial score (nSPS) is 22.3. The molecule has 1 fully saturated rings. The van der Waals surface area contributed by atoms with E-state index in [0.29, 0.717) is 19.3 Å². The number of aliphatic hydroxyl groups excluding tert-OH is 7. The van der Waals surface area contributed by atoms with Gasteiger partial charge in [-0.2, -0.15) is 0 Å². The molecule has 0 aliphatic carbocycles. The Bertz CT molecular complexity index is 981. The number of unbranched alkanes of at least 4 members (excludes halogenated alkanes) is 22. The van der Waals surface area contributed by atoms with Gasteiger partial charge in [-0.15, -0.1) is 0 Å². The molecule has 1 aliphatic heterocycles. The van der Waals surface area contributed by atoms with Crippen molar-refractivity contribution in [2.45, 2.75) is 249 Å². The van der Waals surface area contributed by atoms with E-state index in [1.807, 2.05) is 0 Å². The number of ether oxygens (including phenoxy) is 2. The molecule has 9 atom stereocenters. The fraction of sp³-hybridized carbons (Fsp3) is 0.891. The van der Waals surface area contributed by atoms with Crippen LogP contribution in [-0.2, 0) is 14.3 Å². The Hall–Kier alpha value is -1.41. The molecule has 1 aliphatic rings. The summed E-state index contributed by atoms with van der Waals surface area (Å²) in [6.07, 6.45) is 28.1. The van der Waals surface area contributed by atoms with Gasteiger partial charge in [0.1, 0.15) is 36.6 Å². The van der Waals surface area contributed by atoms with Gasteiger partial charge in [-0.25, -0.2) is 0 Å². The lowest BCUT2D eigenvalue weighted by atomic mass is 9.98. The Balaban J connectivity index is 2.46. The number of aliphatic hydroxyl groups is 7. The van der Waals surface area contributed by atoms with E-state index in [1.165, 1.54) is 109 Å². The molecular weight excluding hydrogens is 727 g/mol. The average Bonchev–Trinajstić information content (AvgIpc) is 3.21. The fourth-order valence-corrected chi connectivity index (χ4v) is 7.34. The van der Waals surface area contributed by atoms with Crippen LogP contribution in [0.5, 0.6) is 0 Å². The first-order chi connectivity index (χ1) is 27.7. The summed E-state index contributed by atoms with van der Waals surface area (Å²) < 4.78 is 11.1. The van der Waals surface area contributed by atoms with Crippen LogP contribution in [-0.4, -0.2) is 110 Å². The SMILES string of the molecule is CCCCCCCCCCCCC/C=C/CC/C=C/CCCC(O)C(O)C(COC1OC(CO)C(O)C(O)C1O)NC(=O)C(O)CCCCCCCCCCCC. The second kappa shape index (κ2) is 36.4. The highest BCUT2D eigenvalue weighted by molar-refractivity contribution is 5.80. The first-order valence-electron chi connectivity index (χ1n) is 23.2. The summed E-state index contributed by atoms with van der Waals surface area (Å²) >= 11 is 0. The molecule has 0 aromatic rings. The van der Waals surface area contributed by atoms with E-state index in [2.05, 4.69) is 43.5 Å². The Morgan fingerprint density at radius 1 is 0.596 bits per heavy atom. The molecule has 11 nitrogen and oxygen atoms in total. The van der Waals surface area contributed by atoms with E-state index < -0.39 is 74.2 Å². The summed E-state index contributed by atoms with van der Waals surface area (Å²) in [7, 11) is 0. The molecule has 0 saturated carbocycles. The lowest BCUT2D eigenvalue weighted by molar-refractivity contribution is -0.303. The molecule has 1 saturated heterocycles. The van der Waals surface area contributed by atoms with E-state index in [9.17, 15) is 40.5 Å². The number of rotatable bonds is 38. The van der Waals surface area contributed by atoms with Gasteiger partial charge >= 0.3 is 0 Å². The summed E-state index contributed by atoms with van der Waals surface area (Å²) in [6.45, 7) is 3.39. The van der Waals surface area contributed by atoms with E-state index >= 15 is 0 Å². The maximum absolute atomic E-state index is 13.0. The molecule has 336 valence electrons. The van der Waals surface area contributed by atoms with Crippen molar-refractivity contribution in [1.82, 2.24) is 5.32 Å². The number of nitrogens with one attached hydrogen (secondary N) is 1. The highest BCUT2D eigenvalue weighted by atomic mass is 16.7. The van der Waals surface area contributed by atoms with Crippen LogP contribution in [0.15, 0.2) is 24.3 Å². The maximum atomic E-state index is 13.0. The van der Waals surface area contributed by atoms with Gasteiger partial charge in [0.05, 0.1) is 25.4 Å². The van der Waals surface area contributed by atoms with Gasteiger partial charge in [0.15, 0.2) is 6.29 Å². The molecule has 0 radical (unpaired) electrons. The van der Waals surface area contributed by atoms with Crippen molar-refractivity contribution in [2.75, 3.05) is 13.2 Å². The van der Waals surface area contributed by atoms with Crippen LogP contribution in [0.2, 0.25) is 0 Å². The number of carbonyl (C=O) groups excluding carboxylic acids is 1. The number of hydrogen-bond acceptors (Lipinski definition) is 10. The topological polar surface area (TPSA) is 189 Å². The van der Waals surface area contributed by atoms with Crippen molar-refractivity contribution in [3.05, 3.63) is 24.3 Å². The predicted octanol–water partition coefficient (Wildman–Crippen LogP) is 7.45. The van der Waals surface area contributed by atoms with E-state index in [0.717, 1.165) is 38.5 Å². The molecule has 0 spiro atoms. The number of hydrogen-bond donors (Lipinski definition) is 8. The molecule has 1 heterocycles. The summed E-state index contributed by atoms with van der Waals surface area (Å²) in [4.78, 5) is 13.0. The van der Waals surface area contributed by atoms with E-state index in [1.54, 1.807) is 0 Å². The van der Waals surface area contributed by atoms with Gasteiger partial charge in [-0.05, 0) is 51.4 Å². The highest BCUT2D eigenvalue weighted by Crippen LogP contribution is 2.23. The van der Waals surface area contributed by atoms with Crippen LogP contribution >= 0.6 is 0 Å². The van der Waals surface area contributed by atoms with Gasteiger partial charge in [0, 0.05) is 0 Å². The zero-order valence-corrected chi connectivity index (χ0v) is 36.1. The van der Waals surface area contributed by atoms with Crippen LogP contribution in [0.4, 0.5) is 0 Å². The van der Waals surface area contributed by atoms with Crippen LogP contribution in [0, 0.1) is 0 Å². The fourth-order valence-electron chi connectivity index (χ4n) is 7.34. The van der Waals surface area contributed by atoms with Gasteiger partial charge < -0.3 is 50.5 Å². The minimum atomic E-state index is -1.67. The summed E-state index contributed by atoms with van der Waals surface area (Å²) in [6, 6.07) is -1.19. The van der Waals surface area contributed by atoms with E-state index in [4.69, 9.17) is 9.47 Å². The molecule has 9 unspecified atom stereocenters. The molecule has 0 bridgehead atoms. The van der Waals surface area contributed by atoms with Crippen molar-refractivity contribution in [1.29, 1.82) is 0 Å². The predicted molar refractivity (Wildman–Crippen MR) is 229 cm³/mol. The molecule has 11 heteroatoms. The standard InChI is InChI=1S/C46H87NO10/c1-3-5-7-9-11-13-15-16-17-18-19-20-21-22-23-24-26-27-29-31-33-38(49)41(51)37(36-56-46-44(54)43(53)42(52)40(35-48)57-46)47-45(55)39(50)34-32-30-28-25-14-12-10-8-6-4-2/h21-22,26-27,37-44,46,48-54H,3-20,23-25,28-36H2,1-2H3,(H,47,55)/b22-21+,27-26+. The minimum absolute atomic E-state index is 0.248. The molecule has 0 aromatic heterocycles. The van der Waals surface area contributed by atoms with Crippen molar-refractivity contribution >= 4 is 5.91 Å². The van der Waals surface area contributed by atoms with E-state index in [-0.39, 0.29) is 12.8 Å². The number of allylic oxidation sites excluding steroid dienone is 4. The molecule has 1 amide bonds. The third-order valence-corrected chi connectivity index (χ3v) is 11.2. The molecule has 0 aromatic carbocycles. The highest BCUT2D eigenvalue weighted by Gasteiger charge is 2.44. The number of carbonyl (C=O) groups is 1. The zero-order valence-electron chi connectivity index (χ0n) is 36.1. The van der Waals surface area contributed by atoms with Gasteiger partial charge in [-0.1, -0.05) is 167 Å². The van der Waals surface area contributed by atoms with Crippen molar-refractivity contribution in [2.24, 2.45) is 0 Å². The first kappa shape index (κ1) is 53.6. The summed E-state index contributed by atoms with van der Waals surface area (Å²) in [5.74, 6) is -0.713. The van der Waals surface area contributed by atoms with Gasteiger partial charge in [0.2, 0.25) is 5.91 Å². The Kier molecular flexibility index (Phi) is 34.3. The average molecular weight is 814 g/mol. The first-order valence-corrected chi connectivity index (χ1v) is 23.2. The second-order valence-electron chi connectivity index (χ2n) is 16.5. The summed E-state index contributed by atoms with van der Waals surface area (Å²) in [5, 5.41) is 75.5. The molecule has 1 rings (SSSR count). The third-order valence-electron chi connectivity index (χ3n) is 11.2. The van der Waals surface area contributed by atoms with Gasteiger partial charge in [0.25, 0.3) is 0 Å². The number of amides is 1. The Morgan fingerprint density at radius 3 is 1.56 bits per heavy atom. The van der Waals surface area contributed by atoms with Crippen LogP contribution in [0.3, 0.4) is 0 Å². The van der Waals surface area contributed by atoms with Crippen molar-refractivity contribution in [3.63, 3.8) is 0 Å². The monoisotopic (exact) mass is 814 g/mol. The maximum Gasteiger partial charge on any atom is 0.249 e. The second-order valence-corrected chi connectivity index (χ2v) is 16.5. The minimum Gasteiger partial charge on any atom is -0.394 e. The van der Waals surface area contributed by atoms with Crippen molar-refractivity contribution in [3.8, 4) is 0 Å². The van der Waals surface area contributed by atoms with Gasteiger partial charge in [-0.3, -0.25) is 4.79 Å². The molecule has 57 heavy (non-hydrogen) atoms.